The minimum absolute atomic E-state index is 0.0534. The highest BCUT2D eigenvalue weighted by Gasteiger charge is 2.31. The zero-order valence-electron chi connectivity index (χ0n) is 19.2. The molecule has 0 aliphatic carbocycles. The van der Waals surface area contributed by atoms with Crippen LogP contribution in [-0.4, -0.2) is 48.7 Å². The smallest absolute Gasteiger partial charge is 0.224 e. The predicted octanol–water partition coefficient (Wildman–Crippen LogP) is 3.72. The van der Waals surface area contributed by atoms with Crippen LogP contribution in [-0.2, 0) is 23.6 Å². The van der Waals surface area contributed by atoms with Gasteiger partial charge in [0.2, 0.25) is 9.84 Å². The van der Waals surface area contributed by atoms with Crippen LogP contribution in [0.1, 0.15) is 11.1 Å². The number of aliphatic imine (C=N–C) groups is 1. The van der Waals surface area contributed by atoms with Gasteiger partial charge >= 0.3 is 0 Å². The molecular formula is C24H28N2O6S2. The number of ether oxygens (including phenoxy) is 1. The van der Waals surface area contributed by atoms with Crippen molar-refractivity contribution in [2.45, 2.75) is 16.7 Å². The molecule has 182 valence electrons. The van der Waals surface area contributed by atoms with Gasteiger partial charge in [-0.2, -0.15) is 0 Å². The quantitative estimate of drug-likeness (QED) is 0.207. The lowest BCUT2D eigenvalue weighted by Gasteiger charge is -2.32. The second-order valence-electron chi connectivity index (χ2n) is 7.77. The molecule has 8 nitrogen and oxygen atoms in total. The Kier molecular flexibility index (Phi) is 7.27. The van der Waals surface area contributed by atoms with E-state index in [4.69, 9.17) is 14.7 Å². The van der Waals surface area contributed by atoms with Gasteiger partial charge in [0.05, 0.1) is 16.4 Å². The van der Waals surface area contributed by atoms with Crippen molar-refractivity contribution >= 4 is 30.2 Å². The number of hydrogen-bond donors (Lipinski definition) is 2. The lowest BCUT2D eigenvalue weighted by atomic mass is 10.2. The monoisotopic (exact) mass is 504 g/mol. The fraction of sp³-hybridized carbons (Fsp3) is 0.208. The SMILES string of the molecule is CN=C(c1cc(OCCOS(C)(=O)(O)c2ccc(C)cc2)ccc1N)S(=O)(=O)c1ccccc1. The summed E-state index contributed by atoms with van der Waals surface area (Å²) in [5.41, 5.74) is 7.42. The Labute approximate surface area is 199 Å². The fourth-order valence-corrected chi connectivity index (χ4v) is 6.01. The van der Waals surface area contributed by atoms with Crippen molar-refractivity contribution in [1.29, 1.82) is 0 Å². The van der Waals surface area contributed by atoms with E-state index in [9.17, 15) is 17.2 Å². The van der Waals surface area contributed by atoms with Gasteiger partial charge in [0.25, 0.3) is 0 Å². The molecule has 3 rings (SSSR count). The van der Waals surface area contributed by atoms with Crippen molar-refractivity contribution in [1.82, 2.24) is 0 Å². The molecule has 0 aliphatic rings. The first kappa shape index (κ1) is 25.6. The highest BCUT2D eigenvalue weighted by Crippen LogP contribution is 2.31. The van der Waals surface area contributed by atoms with Gasteiger partial charge in [-0.15, -0.1) is 0 Å². The molecule has 0 saturated heterocycles. The number of rotatable bonds is 8. The van der Waals surface area contributed by atoms with E-state index in [1.807, 2.05) is 6.92 Å². The first-order chi connectivity index (χ1) is 15.9. The number of sulfone groups is 1. The van der Waals surface area contributed by atoms with Crippen molar-refractivity contribution < 1.29 is 26.1 Å². The molecule has 0 heterocycles. The Morgan fingerprint density at radius 1 is 1.03 bits per heavy atom. The molecule has 3 aromatic carbocycles. The van der Waals surface area contributed by atoms with Gasteiger partial charge in [0.15, 0.2) is 5.04 Å². The second-order valence-corrected chi connectivity index (χ2v) is 12.7. The van der Waals surface area contributed by atoms with Crippen molar-refractivity contribution in [3.8, 4) is 5.75 Å². The van der Waals surface area contributed by atoms with E-state index in [0.29, 0.717) is 5.75 Å². The van der Waals surface area contributed by atoms with Crippen molar-refractivity contribution in [3.63, 3.8) is 0 Å². The third-order valence-corrected chi connectivity index (χ3v) is 8.90. The minimum Gasteiger partial charge on any atom is -0.491 e. The van der Waals surface area contributed by atoms with Crippen LogP contribution in [0.25, 0.3) is 0 Å². The number of nitrogens with zero attached hydrogens (tertiary/aromatic N) is 1. The van der Waals surface area contributed by atoms with Crippen LogP contribution in [0.5, 0.6) is 5.75 Å². The summed E-state index contributed by atoms with van der Waals surface area (Å²) in [6.07, 6.45) is 1.14. The lowest BCUT2D eigenvalue weighted by Crippen LogP contribution is -2.35. The van der Waals surface area contributed by atoms with E-state index in [0.717, 1.165) is 11.8 Å². The van der Waals surface area contributed by atoms with Crippen LogP contribution in [0.4, 0.5) is 5.69 Å². The van der Waals surface area contributed by atoms with Crippen LogP contribution in [0, 0.1) is 6.92 Å². The fourth-order valence-electron chi connectivity index (χ4n) is 3.21. The van der Waals surface area contributed by atoms with Crippen molar-refractivity contribution in [3.05, 3.63) is 83.9 Å². The Bertz CT molecular complexity index is 1360. The van der Waals surface area contributed by atoms with Gasteiger partial charge in [-0.25, -0.2) is 12.6 Å². The first-order valence-electron chi connectivity index (χ1n) is 10.3. The number of anilines is 1. The van der Waals surface area contributed by atoms with Crippen LogP contribution < -0.4 is 10.5 Å². The summed E-state index contributed by atoms with van der Waals surface area (Å²) in [5.74, 6) is 0.310. The van der Waals surface area contributed by atoms with Crippen LogP contribution in [0.3, 0.4) is 0 Å². The number of nitrogen functional groups attached to an aromatic ring is 1. The second kappa shape index (κ2) is 9.67. The molecule has 3 N–H and O–H groups in total. The summed E-state index contributed by atoms with van der Waals surface area (Å²) in [4.78, 5) is 4.25. The Hall–Kier alpha value is -3.05. The third kappa shape index (κ3) is 5.71. The maximum atomic E-state index is 13.1. The van der Waals surface area contributed by atoms with Crippen molar-refractivity contribution in [2.24, 2.45) is 4.99 Å². The largest absolute Gasteiger partial charge is 0.491 e. The zero-order valence-corrected chi connectivity index (χ0v) is 20.8. The molecule has 0 saturated carbocycles. The van der Waals surface area contributed by atoms with E-state index >= 15 is 0 Å². The molecule has 0 unspecified atom stereocenters. The van der Waals surface area contributed by atoms with Gasteiger partial charge in [-0.1, -0.05) is 35.9 Å². The number of aryl methyl sites for hydroxylation is 1. The predicted molar refractivity (Wildman–Crippen MR) is 135 cm³/mol. The van der Waals surface area contributed by atoms with Gasteiger partial charge in [-0.3, -0.25) is 9.18 Å². The maximum absolute atomic E-state index is 13.1. The van der Waals surface area contributed by atoms with Crippen LogP contribution in [0.15, 0.2) is 87.6 Å². The molecular weight excluding hydrogens is 476 g/mol. The molecule has 34 heavy (non-hydrogen) atoms. The summed E-state index contributed by atoms with van der Waals surface area (Å²) in [6, 6.07) is 19.1. The third-order valence-electron chi connectivity index (χ3n) is 5.03. The van der Waals surface area contributed by atoms with Gasteiger partial charge < -0.3 is 15.0 Å². The molecule has 3 aromatic rings. The normalized spacial score (nSPS) is 13.8. The molecule has 0 fully saturated rings. The molecule has 0 bridgehead atoms. The molecule has 10 heteroatoms. The van der Waals surface area contributed by atoms with E-state index < -0.39 is 19.5 Å². The number of nitrogens with two attached hydrogens (primary N) is 1. The van der Waals surface area contributed by atoms with E-state index in [1.54, 1.807) is 48.5 Å². The minimum atomic E-state index is -4.50. The molecule has 0 aromatic heterocycles. The van der Waals surface area contributed by atoms with Gasteiger partial charge in [0.1, 0.15) is 22.0 Å². The lowest BCUT2D eigenvalue weighted by molar-refractivity contribution is 0.201. The molecule has 0 spiro atoms. The Morgan fingerprint density at radius 2 is 1.68 bits per heavy atom. The molecule has 0 amide bonds. The maximum Gasteiger partial charge on any atom is 0.224 e. The average molecular weight is 505 g/mol. The first-order valence-corrected chi connectivity index (χ1v) is 14.1. The highest BCUT2D eigenvalue weighted by atomic mass is 32.3. The standard InChI is InChI=1S/C24H28N2O6S2/c1-18-9-12-21(13-10-18)34(3,29,30)32-16-15-31-19-11-14-23(25)22(17-19)24(26-2)33(27,28)20-7-5-4-6-8-20/h4-14,17H,15-16,25H2,1-3H3,(H,29,30). The number of benzene rings is 3. The van der Waals surface area contributed by atoms with Gasteiger partial charge in [-0.05, 0) is 49.4 Å². The highest BCUT2D eigenvalue weighted by molar-refractivity contribution is 8.10. The Morgan fingerprint density at radius 3 is 2.29 bits per heavy atom. The summed E-state index contributed by atoms with van der Waals surface area (Å²) >= 11 is 0. The van der Waals surface area contributed by atoms with E-state index in [2.05, 4.69) is 4.99 Å². The van der Waals surface area contributed by atoms with Gasteiger partial charge in [0, 0.05) is 24.6 Å². The van der Waals surface area contributed by atoms with Crippen LogP contribution >= 0.6 is 0 Å². The molecule has 0 radical (unpaired) electrons. The molecule has 0 aliphatic heterocycles. The summed E-state index contributed by atoms with van der Waals surface area (Å²) in [7, 11) is -7.03. The average Bonchev–Trinajstić information content (AvgIpc) is 2.79. The van der Waals surface area contributed by atoms with E-state index in [1.165, 1.54) is 31.3 Å². The Balaban J connectivity index is 1.74. The number of hydrogen-bond acceptors (Lipinski definition) is 7. The van der Waals surface area contributed by atoms with Crippen LogP contribution in [0.2, 0.25) is 0 Å². The zero-order chi connectivity index (χ0) is 25.0. The van der Waals surface area contributed by atoms with Crippen molar-refractivity contribution in [2.75, 3.05) is 32.3 Å². The summed E-state index contributed by atoms with van der Waals surface area (Å²) < 4.78 is 60.7. The summed E-state index contributed by atoms with van der Waals surface area (Å²) in [5, 5.41) is -0.190. The molecule has 0 atom stereocenters. The van der Waals surface area contributed by atoms with E-state index in [-0.39, 0.29) is 39.3 Å². The summed E-state index contributed by atoms with van der Waals surface area (Å²) in [6.45, 7) is 1.65. The topological polar surface area (TPSA) is 128 Å².